The molecule has 1 aromatic carbocycles. The third-order valence-corrected chi connectivity index (χ3v) is 3.67. The molecular formula is C14H20Cl2N4O. The lowest BCUT2D eigenvalue weighted by atomic mass is 10.1. The molecule has 1 aliphatic heterocycles. The highest BCUT2D eigenvalue weighted by molar-refractivity contribution is 5.85. The number of hydrogen-bond donors (Lipinski definition) is 2. The second kappa shape index (κ2) is 7.75. The molecule has 0 saturated carbocycles. The summed E-state index contributed by atoms with van der Waals surface area (Å²) in [6, 6.07) is 7.74. The first-order valence-electron chi connectivity index (χ1n) is 6.68. The molecule has 0 radical (unpaired) electrons. The molecule has 21 heavy (non-hydrogen) atoms. The third kappa shape index (κ3) is 4.17. The van der Waals surface area contributed by atoms with Gasteiger partial charge in [-0.15, -0.1) is 24.8 Å². The molecule has 0 aliphatic carbocycles. The van der Waals surface area contributed by atoms with Crippen LogP contribution in [-0.2, 0) is 6.54 Å². The van der Waals surface area contributed by atoms with Crippen molar-refractivity contribution in [1.29, 1.82) is 0 Å². The van der Waals surface area contributed by atoms with Crippen molar-refractivity contribution in [2.75, 3.05) is 13.1 Å². The normalized spacial score (nSPS) is 16.2. The van der Waals surface area contributed by atoms with E-state index in [2.05, 4.69) is 14.9 Å². The molecule has 7 heteroatoms. The number of nitrogens with zero attached hydrogens (tertiary/aromatic N) is 2. The van der Waals surface area contributed by atoms with Gasteiger partial charge in [0.25, 0.3) is 5.56 Å². The van der Waals surface area contributed by atoms with Gasteiger partial charge >= 0.3 is 0 Å². The lowest BCUT2D eigenvalue weighted by molar-refractivity contribution is 0.201. The fourth-order valence-corrected chi connectivity index (χ4v) is 2.53. The minimum absolute atomic E-state index is 0. The first-order valence-corrected chi connectivity index (χ1v) is 6.68. The predicted molar refractivity (Wildman–Crippen MR) is 89.3 cm³/mol. The number of nitrogens with two attached hydrogens (primary N) is 1. The van der Waals surface area contributed by atoms with E-state index in [1.807, 2.05) is 18.2 Å². The van der Waals surface area contributed by atoms with Gasteiger partial charge in [-0.3, -0.25) is 9.69 Å². The molecule has 3 rings (SSSR count). The number of hydrogen-bond acceptors (Lipinski definition) is 4. The quantitative estimate of drug-likeness (QED) is 0.878. The van der Waals surface area contributed by atoms with Crippen LogP contribution in [-0.4, -0.2) is 34.0 Å². The Labute approximate surface area is 135 Å². The van der Waals surface area contributed by atoms with Crippen LogP contribution in [0.2, 0.25) is 0 Å². The van der Waals surface area contributed by atoms with Gasteiger partial charge in [-0.1, -0.05) is 12.1 Å². The lowest BCUT2D eigenvalue weighted by Crippen LogP contribution is -2.39. The fraction of sp³-hybridized carbons (Fsp3) is 0.429. The van der Waals surface area contributed by atoms with Gasteiger partial charge in [-0.2, -0.15) is 0 Å². The number of aromatic amines is 1. The van der Waals surface area contributed by atoms with Crippen molar-refractivity contribution in [1.82, 2.24) is 14.9 Å². The molecule has 0 bridgehead atoms. The predicted octanol–water partition coefficient (Wildman–Crippen LogP) is 1.69. The van der Waals surface area contributed by atoms with Crippen molar-refractivity contribution in [3.05, 3.63) is 40.4 Å². The monoisotopic (exact) mass is 330 g/mol. The summed E-state index contributed by atoms with van der Waals surface area (Å²) in [5.41, 5.74) is 6.59. The van der Waals surface area contributed by atoms with Crippen LogP contribution in [0.15, 0.2) is 29.1 Å². The molecule has 3 N–H and O–H groups in total. The minimum atomic E-state index is -0.0608. The number of aromatic nitrogens is 2. The summed E-state index contributed by atoms with van der Waals surface area (Å²) in [4.78, 5) is 21.6. The Morgan fingerprint density at radius 2 is 1.90 bits per heavy atom. The number of halogens is 2. The van der Waals surface area contributed by atoms with Crippen molar-refractivity contribution in [3.8, 4) is 0 Å². The number of nitrogens with one attached hydrogen (secondary N) is 1. The Bertz CT molecular complexity index is 638. The maximum atomic E-state index is 12.0. The van der Waals surface area contributed by atoms with Crippen LogP contribution in [0.4, 0.5) is 0 Å². The van der Waals surface area contributed by atoms with Crippen molar-refractivity contribution >= 4 is 35.7 Å². The number of piperidine rings is 1. The van der Waals surface area contributed by atoms with Crippen LogP contribution in [0.3, 0.4) is 0 Å². The van der Waals surface area contributed by atoms with E-state index in [0.29, 0.717) is 18.0 Å². The van der Waals surface area contributed by atoms with E-state index in [9.17, 15) is 4.79 Å². The van der Waals surface area contributed by atoms with Gasteiger partial charge in [-0.05, 0) is 25.0 Å². The van der Waals surface area contributed by atoms with Gasteiger partial charge in [0.1, 0.15) is 5.82 Å². The molecular weight excluding hydrogens is 311 g/mol. The van der Waals surface area contributed by atoms with E-state index in [-0.39, 0.29) is 30.4 Å². The largest absolute Gasteiger partial charge is 0.328 e. The summed E-state index contributed by atoms with van der Waals surface area (Å²) < 4.78 is 0. The molecule has 2 heterocycles. The Hall–Kier alpha value is -1.14. The molecule has 1 aromatic heterocycles. The van der Waals surface area contributed by atoms with Gasteiger partial charge in [0.05, 0.1) is 17.4 Å². The van der Waals surface area contributed by atoms with E-state index in [4.69, 9.17) is 5.73 Å². The molecule has 0 unspecified atom stereocenters. The highest BCUT2D eigenvalue weighted by Crippen LogP contribution is 2.11. The Kier molecular flexibility index (Phi) is 6.61. The summed E-state index contributed by atoms with van der Waals surface area (Å²) in [5.74, 6) is 0.735. The number of H-pyrrole nitrogens is 1. The maximum absolute atomic E-state index is 12.0. The van der Waals surface area contributed by atoms with Crippen LogP contribution in [0, 0.1) is 0 Å². The van der Waals surface area contributed by atoms with Crippen molar-refractivity contribution in [2.24, 2.45) is 5.73 Å². The molecule has 0 amide bonds. The number of rotatable bonds is 2. The Balaban J connectivity index is 0.00000110. The smallest absolute Gasteiger partial charge is 0.258 e. The van der Waals surface area contributed by atoms with Crippen LogP contribution in [0.5, 0.6) is 0 Å². The molecule has 1 saturated heterocycles. The van der Waals surface area contributed by atoms with Gasteiger partial charge in [0.15, 0.2) is 0 Å². The third-order valence-electron chi connectivity index (χ3n) is 3.67. The molecule has 1 fully saturated rings. The van der Waals surface area contributed by atoms with Crippen molar-refractivity contribution in [3.63, 3.8) is 0 Å². The molecule has 0 atom stereocenters. The van der Waals surface area contributed by atoms with Crippen LogP contribution < -0.4 is 11.3 Å². The Morgan fingerprint density at radius 3 is 2.62 bits per heavy atom. The zero-order valence-corrected chi connectivity index (χ0v) is 13.3. The SMILES string of the molecule is Cl.Cl.NC1CCN(Cc2nc3ccccc3c(=O)[nH]2)CC1. The molecule has 0 spiro atoms. The number of benzene rings is 1. The first-order chi connectivity index (χ1) is 9.22. The first kappa shape index (κ1) is 17.9. The van der Waals surface area contributed by atoms with E-state index < -0.39 is 0 Å². The number of likely N-dealkylation sites (tertiary alicyclic amines) is 1. The van der Waals surface area contributed by atoms with E-state index in [0.717, 1.165) is 37.3 Å². The number of para-hydroxylation sites is 1. The summed E-state index contributed by atoms with van der Waals surface area (Å²) in [6.07, 6.45) is 2.02. The van der Waals surface area contributed by atoms with Gasteiger partial charge < -0.3 is 10.7 Å². The summed E-state index contributed by atoms with van der Waals surface area (Å²) in [7, 11) is 0. The molecule has 1 aliphatic rings. The topological polar surface area (TPSA) is 75.0 Å². The van der Waals surface area contributed by atoms with Crippen LogP contribution in [0.25, 0.3) is 10.9 Å². The van der Waals surface area contributed by atoms with Gasteiger partial charge in [0.2, 0.25) is 0 Å². The van der Waals surface area contributed by atoms with E-state index in [1.54, 1.807) is 6.07 Å². The average molecular weight is 331 g/mol. The fourth-order valence-electron chi connectivity index (χ4n) is 2.53. The maximum Gasteiger partial charge on any atom is 0.258 e. The summed E-state index contributed by atoms with van der Waals surface area (Å²) in [5, 5.41) is 0.645. The molecule has 116 valence electrons. The Morgan fingerprint density at radius 1 is 1.24 bits per heavy atom. The van der Waals surface area contributed by atoms with Crippen molar-refractivity contribution in [2.45, 2.75) is 25.4 Å². The highest BCUT2D eigenvalue weighted by Gasteiger charge is 2.17. The van der Waals surface area contributed by atoms with Gasteiger partial charge in [0, 0.05) is 19.1 Å². The van der Waals surface area contributed by atoms with Crippen LogP contribution >= 0.6 is 24.8 Å². The highest BCUT2D eigenvalue weighted by atomic mass is 35.5. The van der Waals surface area contributed by atoms with Crippen LogP contribution in [0.1, 0.15) is 18.7 Å². The minimum Gasteiger partial charge on any atom is -0.328 e. The zero-order valence-electron chi connectivity index (χ0n) is 11.6. The van der Waals surface area contributed by atoms with E-state index >= 15 is 0 Å². The zero-order chi connectivity index (χ0) is 13.2. The van der Waals surface area contributed by atoms with Gasteiger partial charge in [-0.25, -0.2) is 4.98 Å². The van der Waals surface area contributed by atoms with Crippen molar-refractivity contribution < 1.29 is 0 Å². The average Bonchev–Trinajstić information content (AvgIpc) is 2.42. The second-order valence-corrected chi connectivity index (χ2v) is 5.14. The molecule has 2 aromatic rings. The summed E-state index contributed by atoms with van der Waals surface area (Å²) >= 11 is 0. The summed E-state index contributed by atoms with van der Waals surface area (Å²) in [6.45, 7) is 2.63. The molecule has 5 nitrogen and oxygen atoms in total. The second-order valence-electron chi connectivity index (χ2n) is 5.14. The lowest BCUT2D eigenvalue weighted by Gasteiger charge is -2.29. The standard InChI is InChI=1S/C14H18N4O.2ClH/c15-10-5-7-18(8-6-10)9-13-16-12-4-2-1-3-11(12)14(19)17-13;;/h1-4,10H,5-9,15H2,(H,16,17,19);2*1H. The number of fused-ring (bicyclic) bond motifs is 1. The van der Waals surface area contributed by atoms with E-state index in [1.165, 1.54) is 0 Å².